The van der Waals surface area contributed by atoms with Gasteiger partial charge in [-0.15, -0.1) is 0 Å². The summed E-state index contributed by atoms with van der Waals surface area (Å²) in [4.78, 5) is 12.0. The fourth-order valence-corrected chi connectivity index (χ4v) is 3.94. The Balaban J connectivity index is 1.90. The summed E-state index contributed by atoms with van der Waals surface area (Å²) in [6.07, 6.45) is 1.50. The van der Waals surface area contributed by atoms with Gasteiger partial charge in [0.1, 0.15) is 15.6 Å². The lowest BCUT2D eigenvalue weighted by Gasteiger charge is -2.21. The van der Waals surface area contributed by atoms with E-state index in [9.17, 15) is 13.2 Å². The molecule has 0 saturated carbocycles. The Morgan fingerprint density at radius 1 is 1.30 bits per heavy atom. The summed E-state index contributed by atoms with van der Waals surface area (Å²) in [6, 6.07) is 7.22. The maximum absolute atomic E-state index is 12.0. The summed E-state index contributed by atoms with van der Waals surface area (Å²) < 4.78 is 27.8. The van der Waals surface area contributed by atoms with Crippen molar-refractivity contribution in [1.29, 1.82) is 0 Å². The first-order valence-electron chi connectivity index (χ1n) is 6.63. The number of amides is 1. The number of hydrogen-bond donors (Lipinski definition) is 1. The first-order valence-corrected chi connectivity index (χ1v) is 8.45. The summed E-state index contributed by atoms with van der Waals surface area (Å²) in [7, 11) is -1.32. The number of para-hydroxylation sites is 2. The summed E-state index contributed by atoms with van der Waals surface area (Å²) in [5.41, 5.74) is 0.642. The fourth-order valence-electron chi connectivity index (χ4n) is 2.35. The van der Waals surface area contributed by atoms with Crippen molar-refractivity contribution in [1.82, 2.24) is 0 Å². The van der Waals surface area contributed by atoms with Crippen LogP contribution in [0, 0.1) is 5.92 Å². The smallest absolute Gasteiger partial charge is 0.224 e. The van der Waals surface area contributed by atoms with Gasteiger partial charge < -0.3 is 10.1 Å². The van der Waals surface area contributed by atoms with Gasteiger partial charge in [0, 0.05) is 6.42 Å². The standard InChI is InChI=1S/C14H19NO4S/c1-19-13-5-3-2-4-12(13)15-14(16)10-11-6-8-20(17,18)9-7-11/h2-5,11H,6-10H2,1H3,(H,15,16). The van der Waals surface area contributed by atoms with E-state index >= 15 is 0 Å². The molecule has 2 rings (SSSR count). The topological polar surface area (TPSA) is 72.5 Å². The van der Waals surface area contributed by atoms with Crippen molar-refractivity contribution in [3.05, 3.63) is 24.3 Å². The van der Waals surface area contributed by atoms with Gasteiger partial charge in [0.15, 0.2) is 0 Å². The summed E-state index contributed by atoms with van der Waals surface area (Å²) >= 11 is 0. The van der Waals surface area contributed by atoms with E-state index in [2.05, 4.69) is 5.32 Å². The summed E-state index contributed by atoms with van der Waals surface area (Å²) in [5, 5.41) is 2.82. The van der Waals surface area contributed by atoms with Gasteiger partial charge in [-0.3, -0.25) is 4.79 Å². The van der Waals surface area contributed by atoms with Gasteiger partial charge in [-0.05, 0) is 30.9 Å². The zero-order chi connectivity index (χ0) is 14.6. The van der Waals surface area contributed by atoms with Crippen LogP contribution in [-0.2, 0) is 14.6 Å². The van der Waals surface area contributed by atoms with Crippen LogP contribution in [0.3, 0.4) is 0 Å². The van der Waals surface area contributed by atoms with Gasteiger partial charge in [0.2, 0.25) is 5.91 Å². The van der Waals surface area contributed by atoms with E-state index < -0.39 is 9.84 Å². The molecule has 0 spiro atoms. The predicted octanol–water partition coefficient (Wildman–Crippen LogP) is 1.85. The van der Waals surface area contributed by atoms with Crippen LogP contribution in [0.15, 0.2) is 24.3 Å². The molecule has 1 fully saturated rings. The van der Waals surface area contributed by atoms with Crippen LogP contribution in [0.4, 0.5) is 5.69 Å². The molecule has 0 unspecified atom stereocenters. The van der Waals surface area contributed by atoms with Gasteiger partial charge in [-0.2, -0.15) is 0 Å². The lowest BCUT2D eigenvalue weighted by atomic mass is 9.98. The van der Waals surface area contributed by atoms with Crippen LogP contribution in [0.25, 0.3) is 0 Å². The summed E-state index contributed by atoms with van der Waals surface area (Å²) in [6.45, 7) is 0. The van der Waals surface area contributed by atoms with Crippen molar-refractivity contribution in [2.45, 2.75) is 19.3 Å². The molecule has 1 saturated heterocycles. The van der Waals surface area contributed by atoms with E-state index in [1.54, 1.807) is 19.2 Å². The number of sulfone groups is 1. The van der Waals surface area contributed by atoms with Gasteiger partial charge in [-0.25, -0.2) is 8.42 Å². The zero-order valence-corrected chi connectivity index (χ0v) is 12.3. The zero-order valence-electron chi connectivity index (χ0n) is 11.5. The molecule has 0 radical (unpaired) electrons. The largest absolute Gasteiger partial charge is 0.495 e. The molecule has 1 aromatic rings. The van der Waals surface area contributed by atoms with E-state index in [0.717, 1.165) is 0 Å². The second-order valence-electron chi connectivity index (χ2n) is 5.05. The number of rotatable bonds is 4. The Labute approximate surface area is 119 Å². The highest BCUT2D eigenvalue weighted by Crippen LogP contribution is 2.25. The third-order valence-electron chi connectivity index (χ3n) is 3.53. The van der Waals surface area contributed by atoms with Crippen LogP contribution in [0.2, 0.25) is 0 Å². The first kappa shape index (κ1) is 14.8. The molecule has 1 aromatic carbocycles. The molecule has 1 aliphatic heterocycles. The molecule has 1 N–H and O–H groups in total. The third-order valence-corrected chi connectivity index (χ3v) is 5.24. The number of benzene rings is 1. The number of ether oxygens (including phenoxy) is 1. The monoisotopic (exact) mass is 297 g/mol. The van der Waals surface area contributed by atoms with E-state index in [0.29, 0.717) is 30.7 Å². The molecule has 5 nitrogen and oxygen atoms in total. The minimum absolute atomic E-state index is 0.0983. The Morgan fingerprint density at radius 3 is 2.60 bits per heavy atom. The van der Waals surface area contributed by atoms with Crippen molar-refractivity contribution in [2.75, 3.05) is 23.9 Å². The van der Waals surface area contributed by atoms with Gasteiger partial charge >= 0.3 is 0 Å². The van der Waals surface area contributed by atoms with Gasteiger partial charge in [0.25, 0.3) is 0 Å². The number of anilines is 1. The molecule has 1 aliphatic rings. The third kappa shape index (κ3) is 3.96. The van der Waals surface area contributed by atoms with Crippen LogP contribution in [-0.4, -0.2) is 32.9 Å². The fraction of sp³-hybridized carbons (Fsp3) is 0.500. The SMILES string of the molecule is COc1ccccc1NC(=O)CC1CCS(=O)(=O)CC1. The average Bonchev–Trinajstić information content (AvgIpc) is 2.42. The number of carbonyl (C=O) groups is 1. The van der Waals surface area contributed by atoms with Crippen LogP contribution >= 0.6 is 0 Å². The maximum Gasteiger partial charge on any atom is 0.224 e. The number of hydrogen-bond acceptors (Lipinski definition) is 4. The molecule has 1 heterocycles. The molecule has 0 aliphatic carbocycles. The molecule has 0 atom stereocenters. The lowest BCUT2D eigenvalue weighted by molar-refractivity contribution is -0.117. The second-order valence-corrected chi connectivity index (χ2v) is 7.35. The molecule has 0 bridgehead atoms. The predicted molar refractivity (Wildman–Crippen MR) is 77.6 cm³/mol. The number of nitrogens with one attached hydrogen (secondary N) is 1. The Morgan fingerprint density at radius 2 is 1.95 bits per heavy atom. The Kier molecular flexibility index (Phi) is 4.65. The van der Waals surface area contributed by atoms with Gasteiger partial charge in [-0.1, -0.05) is 12.1 Å². The van der Waals surface area contributed by atoms with Crippen molar-refractivity contribution in [2.24, 2.45) is 5.92 Å². The highest BCUT2D eigenvalue weighted by atomic mass is 32.2. The molecule has 6 heteroatoms. The molecule has 20 heavy (non-hydrogen) atoms. The molecule has 1 amide bonds. The number of methoxy groups -OCH3 is 1. The number of carbonyl (C=O) groups excluding carboxylic acids is 1. The van der Waals surface area contributed by atoms with Gasteiger partial charge in [0.05, 0.1) is 24.3 Å². The highest BCUT2D eigenvalue weighted by molar-refractivity contribution is 7.91. The van der Waals surface area contributed by atoms with E-state index in [1.165, 1.54) is 0 Å². The maximum atomic E-state index is 12.0. The van der Waals surface area contributed by atoms with Crippen molar-refractivity contribution in [3.63, 3.8) is 0 Å². The average molecular weight is 297 g/mol. The lowest BCUT2D eigenvalue weighted by Crippen LogP contribution is -2.26. The first-order chi connectivity index (χ1) is 9.50. The van der Waals surface area contributed by atoms with Crippen molar-refractivity contribution >= 4 is 21.4 Å². The van der Waals surface area contributed by atoms with Crippen LogP contribution in [0.1, 0.15) is 19.3 Å². The van der Waals surface area contributed by atoms with Crippen LogP contribution < -0.4 is 10.1 Å². The second kappa shape index (κ2) is 6.26. The Bertz CT molecular complexity index is 569. The molecular formula is C14H19NO4S. The van der Waals surface area contributed by atoms with E-state index in [4.69, 9.17) is 4.74 Å². The minimum Gasteiger partial charge on any atom is -0.495 e. The van der Waals surface area contributed by atoms with Crippen LogP contribution in [0.5, 0.6) is 5.75 Å². The van der Waals surface area contributed by atoms with E-state index in [-0.39, 0.29) is 23.3 Å². The molecule has 0 aromatic heterocycles. The summed E-state index contributed by atoms with van der Waals surface area (Å²) in [5.74, 6) is 1.05. The van der Waals surface area contributed by atoms with Crippen molar-refractivity contribution < 1.29 is 17.9 Å². The molecule has 110 valence electrons. The highest BCUT2D eigenvalue weighted by Gasteiger charge is 2.25. The minimum atomic E-state index is -2.87. The molecular weight excluding hydrogens is 278 g/mol. The van der Waals surface area contributed by atoms with Crippen molar-refractivity contribution in [3.8, 4) is 5.75 Å². The Hall–Kier alpha value is -1.56. The van der Waals surface area contributed by atoms with E-state index in [1.807, 2.05) is 12.1 Å². The quantitative estimate of drug-likeness (QED) is 0.920. The normalized spacial score (nSPS) is 18.4.